The Morgan fingerprint density at radius 3 is 2.55 bits per heavy atom. The topological polar surface area (TPSA) is 80.9 Å². The Hall–Kier alpha value is -2.98. The first kappa shape index (κ1) is 20.7. The first-order chi connectivity index (χ1) is 13.8. The Balaban J connectivity index is 1.65. The zero-order chi connectivity index (χ0) is 21.0. The molecule has 2 aromatic carbocycles. The lowest BCUT2D eigenvalue weighted by atomic mass is 10.0. The number of carbonyl (C=O) groups is 1. The number of benzene rings is 2. The van der Waals surface area contributed by atoms with E-state index >= 15 is 0 Å². The number of halogens is 3. The molecule has 3 N–H and O–H groups in total. The SMILES string of the molecule is COc1ccc(C2CC(C(=O)Nc3cccc(OC(F)(F)F)c3)NN2)c(OC)c1. The largest absolute Gasteiger partial charge is 0.573 e. The van der Waals surface area contributed by atoms with Gasteiger partial charge in [-0.05, 0) is 24.6 Å². The second-order valence-electron chi connectivity index (χ2n) is 6.30. The predicted octanol–water partition coefficient (Wildman–Crippen LogP) is 3.15. The number of methoxy groups -OCH3 is 2. The first-order valence-corrected chi connectivity index (χ1v) is 8.68. The second kappa shape index (κ2) is 8.58. The van der Waals surface area contributed by atoms with E-state index in [0.717, 1.165) is 17.7 Å². The fourth-order valence-electron chi connectivity index (χ4n) is 3.04. The normalized spacial score (nSPS) is 18.9. The Bertz CT molecular complexity index is 876. The number of hydrazine groups is 1. The minimum absolute atomic E-state index is 0.198. The average Bonchev–Trinajstić information content (AvgIpc) is 3.16. The van der Waals surface area contributed by atoms with Crippen molar-refractivity contribution in [1.29, 1.82) is 0 Å². The van der Waals surface area contributed by atoms with Gasteiger partial charge in [-0.3, -0.25) is 4.79 Å². The molecule has 0 radical (unpaired) electrons. The summed E-state index contributed by atoms with van der Waals surface area (Å²) in [4.78, 5) is 12.5. The molecule has 1 amide bonds. The molecular formula is C19H20F3N3O4. The Labute approximate surface area is 165 Å². The molecule has 1 fully saturated rings. The molecule has 1 saturated heterocycles. The Kier molecular flexibility index (Phi) is 6.14. The number of nitrogens with one attached hydrogen (secondary N) is 3. The molecule has 0 spiro atoms. The molecule has 156 valence electrons. The smallest absolute Gasteiger partial charge is 0.497 e. The van der Waals surface area contributed by atoms with Gasteiger partial charge in [0.2, 0.25) is 5.91 Å². The number of hydrogen-bond donors (Lipinski definition) is 3. The van der Waals surface area contributed by atoms with Crippen LogP contribution in [0.5, 0.6) is 17.2 Å². The van der Waals surface area contributed by atoms with Crippen LogP contribution in [0.4, 0.5) is 18.9 Å². The van der Waals surface area contributed by atoms with Gasteiger partial charge in [0.25, 0.3) is 0 Å². The van der Waals surface area contributed by atoms with Crippen molar-refractivity contribution in [2.45, 2.75) is 24.9 Å². The molecule has 2 unspecified atom stereocenters. The summed E-state index contributed by atoms with van der Waals surface area (Å²) in [5, 5.41) is 2.59. The van der Waals surface area contributed by atoms with Gasteiger partial charge in [-0.25, -0.2) is 10.9 Å². The van der Waals surface area contributed by atoms with E-state index in [1.54, 1.807) is 26.4 Å². The molecule has 0 saturated carbocycles. The third-order valence-electron chi connectivity index (χ3n) is 4.37. The molecule has 2 aromatic rings. The second-order valence-corrected chi connectivity index (χ2v) is 6.30. The lowest BCUT2D eigenvalue weighted by molar-refractivity contribution is -0.274. The van der Waals surface area contributed by atoms with Crippen molar-refractivity contribution in [1.82, 2.24) is 10.9 Å². The lowest BCUT2D eigenvalue weighted by Gasteiger charge is -2.15. The molecule has 7 nitrogen and oxygen atoms in total. The van der Waals surface area contributed by atoms with Gasteiger partial charge in [0.05, 0.1) is 20.3 Å². The monoisotopic (exact) mass is 411 g/mol. The van der Waals surface area contributed by atoms with Crippen LogP contribution in [0.15, 0.2) is 42.5 Å². The zero-order valence-electron chi connectivity index (χ0n) is 15.7. The maximum atomic E-state index is 12.5. The summed E-state index contributed by atoms with van der Waals surface area (Å²) in [5.41, 5.74) is 6.98. The number of rotatable bonds is 6. The maximum absolute atomic E-state index is 12.5. The van der Waals surface area contributed by atoms with E-state index in [4.69, 9.17) is 9.47 Å². The van der Waals surface area contributed by atoms with Crippen molar-refractivity contribution >= 4 is 11.6 Å². The van der Waals surface area contributed by atoms with Crippen molar-refractivity contribution in [3.05, 3.63) is 48.0 Å². The Morgan fingerprint density at radius 1 is 1.07 bits per heavy atom. The van der Waals surface area contributed by atoms with E-state index in [2.05, 4.69) is 20.9 Å². The van der Waals surface area contributed by atoms with Crippen LogP contribution >= 0.6 is 0 Å². The van der Waals surface area contributed by atoms with Crippen LogP contribution in [0.2, 0.25) is 0 Å². The van der Waals surface area contributed by atoms with Crippen molar-refractivity contribution in [2.24, 2.45) is 0 Å². The van der Waals surface area contributed by atoms with Crippen LogP contribution in [0.3, 0.4) is 0 Å². The molecule has 0 bridgehead atoms. The van der Waals surface area contributed by atoms with Gasteiger partial charge in [-0.1, -0.05) is 12.1 Å². The van der Waals surface area contributed by atoms with Crippen LogP contribution in [0.25, 0.3) is 0 Å². The summed E-state index contributed by atoms with van der Waals surface area (Å²) in [5.74, 6) is 0.457. The molecule has 3 rings (SSSR count). The molecule has 1 heterocycles. The quantitative estimate of drug-likeness (QED) is 0.678. The Morgan fingerprint density at radius 2 is 1.86 bits per heavy atom. The predicted molar refractivity (Wildman–Crippen MR) is 98.7 cm³/mol. The molecule has 10 heteroatoms. The van der Waals surface area contributed by atoms with Crippen molar-refractivity contribution < 1.29 is 32.2 Å². The van der Waals surface area contributed by atoms with Crippen molar-refractivity contribution in [2.75, 3.05) is 19.5 Å². The summed E-state index contributed by atoms with van der Waals surface area (Å²) in [7, 11) is 3.10. The van der Waals surface area contributed by atoms with Gasteiger partial charge in [0, 0.05) is 23.4 Å². The summed E-state index contributed by atoms with van der Waals surface area (Å²) in [6, 6.07) is 9.69. The molecule has 0 aromatic heterocycles. The average molecular weight is 411 g/mol. The molecule has 1 aliphatic rings. The standard InChI is InChI=1S/C19H20F3N3O4/c1-27-12-6-7-14(17(9-12)28-2)15-10-16(25-24-15)18(26)23-11-4-3-5-13(8-11)29-19(20,21)22/h3-9,15-16,24-25H,10H2,1-2H3,(H,23,26). The maximum Gasteiger partial charge on any atom is 0.573 e. The van der Waals surface area contributed by atoms with E-state index < -0.39 is 24.1 Å². The molecule has 1 aliphatic heterocycles. The molecule has 2 atom stereocenters. The highest BCUT2D eigenvalue weighted by atomic mass is 19.4. The van der Waals surface area contributed by atoms with Crippen LogP contribution in [0.1, 0.15) is 18.0 Å². The van der Waals surface area contributed by atoms with Crippen molar-refractivity contribution in [3.8, 4) is 17.2 Å². The fourth-order valence-corrected chi connectivity index (χ4v) is 3.04. The third-order valence-corrected chi connectivity index (χ3v) is 4.37. The van der Waals surface area contributed by atoms with E-state index in [0.29, 0.717) is 17.9 Å². The van der Waals surface area contributed by atoms with Crippen LogP contribution < -0.4 is 30.4 Å². The van der Waals surface area contributed by atoms with Gasteiger partial charge >= 0.3 is 6.36 Å². The summed E-state index contributed by atoms with van der Waals surface area (Å²) in [6.45, 7) is 0. The minimum atomic E-state index is -4.80. The van der Waals surface area contributed by atoms with Gasteiger partial charge in [-0.15, -0.1) is 13.2 Å². The zero-order valence-corrected chi connectivity index (χ0v) is 15.7. The summed E-state index contributed by atoms with van der Waals surface area (Å²) < 4.78 is 51.5. The number of ether oxygens (including phenoxy) is 3. The lowest BCUT2D eigenvalue weighted by Crippen LogP contribution is -2.39. The van der Waals surface area contributed by atoms with Crippen LogP contribution in [-0.2, 0) is 4.79 Å². The van der Waals surface area contributed by atoms with Gasteiger partial charge < -0.3 is 19.5 Å². The third kappa shape index (κ3) is 5.30. The van der Waals surface area contributed by atoms with E-state index in [-0.39, 0.29) is 11.7 Å². The number of amides is 1. The van der Waals surface area contributed by atoms with Crippen molar-refractivity contribution in [3.63, 3.8) is 0 Å². The number of carbonyl (C=O) groups excluding carboxylic acids is 1. The summed E-state index contributed by atoms with van der Waals surface area (Å²) in [6.07, 6.45) is -4.39. The first-order valence-electron chi connectivity index (χ1n) is 8.68. The molecule has 29 heavy (non-hydrogen) atoms. The highest BCUT2D eigenvalue weighted by Gasteiger charge is 2.33. The highest BCUT2D eigenvalue weighted by molar-refractivity contribution is 5.95. The molecule has 0 aliphatic carbocycles. The van der Waals surface area contributed by atoms with E-state index in [1.807, 2.05) is 6.07 Å². The van der Waals surface area contributed by atoms with E-state index in [9.17, 15) is 18.0 Å². The van der Waals surface area contributed by atoms with Gasteiger partial charge in [0.15, 0.2) is 0 Å². The number of hydrogen-bond acceptors (Lipinski definition) is 6. The number of anilines is 1. The molecular weight excluding hydrogens is 391 g/mol. The minimum Gasteiger partial charge on any atom is -0.497 e. The highest BCUT2D eigenvalue weighted by Crippen LogP contribution is 2.33. The van der Waals surface area contributed by atoms with Crippen LogP contribution in [-0.4, -0.2) is 32.5 Å². The fraction of sp³-hybridized carbons (Fsp3) is 0.316. The summed E-state index contributed by atoms with van der Waals surface area (Å²) >= 11 is 0. The van der Waals surface area contributed by atoms with Gasteiger partial charge in [-0.2, -0.15) is 0 Å². The van der Waals surface area contributed by atoms with Gasteiger partial charge in [0.1, 0.15) is 23.3 Å². The van der Waals surface area contributed by atoms with E-state index in [1.165, 1.54) is 12.1 Å². The number of alkyl halides is 3. The van der Waals surface area contributed by atoms with Crippen LogP contribution in [0, 0.1) is 0 Å².